The molecule has 1 rings (SSSR count). The zero-order valence-corrected chi connectivity index (χ0v) is 10.9. The molecule has 0 radical (unpaired) electrons. The molecule has 0 spiro atoms. The van der Waals surface area contributed by atoms with Crippen LogP contribution in [0.25, 0.3) is 0 Å². The Kier molecular flexibility index (Phi) is 5.05. The molecule has 0 saturated heterocycles. The SMILES string of the molecule is CCCc1nc(N(C)C)sc1CNCC. The largest absolute Gasteiger partial charge is 0.354 e. The molecule has 0 aliphatic rings. The third-order valence-electron chi connectivity index (χ3n) is 2.17. The fourth-order valence-corrected chi connectivity index (χ4v) is 2.37. The minimum Gasteiger partial charge on any atom is -0.354 e. The summed E-state index contributed by atoms with van der Waals surface area (Å²) in [5, 5.41) is 4.48. The quantitative estimate of drug-likeness (QED) is 0.808. The Bertz CT molecular complexity index is 294. The molecule has 0 amide bonds. The van der Waals surface area contributed by atoms with Gasteiger partial charge in [0.05, 0.1) is 5.69 Å². The van der Waals surface area contributed by atoms with Crippen molar-refractivity contribution in [2.75, 3.05) is 25.5 Å². The van der Waals surface area contributed by atoms with Crippen LogP contribution in [0.3, 0.4) is 0 Å². The molecule has 15 heavy (non-hydrogen) atoms. The number of nitrogens with zero attached hydrogens (tertiary/aromatic N) is 2. The summed E-state index contributed by atoms with van der Waals surface area (Å²) < 4.78 is 0. The van der Waals surface area contributed by atoms with Crippen molar-refractivity contribution < 1.29 is 0 Å². The number of aromatic nitrogens is 1. The minimum absolute atomic E-state index is 0.956. The zero-order chi connectivity index (χ0) is 11.3. The van der Waals surface area contributed by atoms with Gasteiger partial charge in [-0.25, -0.2) is 4.98 Å². The normalized spacial score (nSPS) is 10.7. The summed E-state index contributed by atoms with van der Waals surface area (Å²) in [4.78, 5) is 8.13. The van der Waals surface area contributed by atoms with Crippen LogP contribution in [0.4, 0.5) is 5.13 Å². The van der Waals surface area contributed by atoms with E-state index in [-0.39, 0.29) is 0 Å². The number of hydrogen-bond donors (Lipinski definition) is 1. The van der Waals surface area contributed by atoms with E-state index >= 15 is 0 Å². The summed E-state index contributed by atoms with van der Waals surface area (Å²) in [5.41, 5.74) is 1.27. The lowest BCUT2D eigenvalue weighted by Gasteiger charge is -2.05. The standard InChI is InChI=1S/C11H21N3S/c1-5-7-9-10(8-12-6-2)15-11(13-9)14(3)4/h12H,5-8H2,1-4H3. The number of thiazole rings is 1. The summed E-state index contributed by atoms with van der Waals surface area (Å²) in [6.07, 6.45) is 2.25. The predicted octanol–water partition coefficient (Wildman–Crippen LogP) is 2.27. The van der Waals surface area contributed by atoms with Crippen molar-refractivity contribution in [3.63, 3.8) is 0 Å². The van der Waals surface area contributed by atoms with Crippen molar-refractivity contribution in [3.8, 4) is 0 Å². The molecule has 3 nitrogen and oxygen atoms in total. The maximum atomic E-state index is 4.66. The van der Waals surface area contributed by atoms with Crippen LogP contribution in [0.1, 0.15) is 30.8 Å². The molecule has 0 aliphatic heterocycles. The number of anilines is 1. The van der Waals surface area contributed by atoms with Gasteiger partial charge < -0.3 is 10.2 Å². The molecular formula is C11H21N3S. The zero-order valence-electron chi connectivity index (χ0n) is 10.1. The third-order valence-corrected chi connectivity index (χ3v) is 3.44. The molecule has 0 unspecified atom stereocenters. The Morgan fingerprint density at radius 2 is 2.07 bits per heavy atom. The highest BCUT2D eigenvalue weighted by molar-refractivity contribution is 7.15. The lowest BCUT2D eigenvalue weighted by Crippen LogP contribution is -2.11. The minimum atomic E-state index is 0.956. The molecule has 0 atom stereocenters. The molecule has 0 aliphatic carbocycles. The molecule has 1 heterocycles. The van der Waals surface area contributed by atoms with Gasteiger partial charge in [0.2, 0.25) is 0 Å². The second-order valence-electron chi connectivity index (χ2n) is 3.79. The molecule has 1 N–H and O–H groups in total. The highest BCUT2D eigenvalue weighted by Gasteiger charge is 2.10. The van der Waals surface area contributed by atoms with E-state index in [4.69, 9.17) is 0 Å². The van der Waals surface area contributed by atoms with Crippen molar-refractivity contribution in [3.05, 3.63) is 10.6 Å². The fraction of sp³-hybridized carbons (Fsp3) is 0.727. The van der Waals surface area contributed by atoms with E-state index in [0.29, 0.717) is 0 Å². The van der Waals surface area contributed by atoms with Crippen molar-refractivity contribution in [1.82, 2.24) is 10.3 Å². The summed E-state index contributed by atoms with van der Waals surface area (Å²) in [6, 6.07) is 0. The van der Waals surface area contributed by atoms with Gasteiger partial charge in [-0.1, -0.05) is 20.3 Å². The molecule has 1 aromatic rings. The van der Waals surface area contributed by atoms with E-state index < -0.39 is 0 Å². The monoisotopic (exact) mass is 227 g/mol. The van der Waals surface area contributed by atoms with Gasteiger partial charge in [0.1, 0.15) is 0 Å². The van der Waals surface area contributed by atoms with Crippen LogP contribution in [0.15, 0.2) is 0 Å². The highest BCUT2D eigenvalue weighted by Crippen LogP contribution is 2.25. The van der Waals surface area contributed by atoms with Gasteiger partial charge in [0.25, 0.3) is 0 Å². The molecule has 0 aromatic carbocycles. The maximum absolute atomic E-state index is 4.66. The molecular weight excluding hydrogens is 206 g/mol. The molecule has 0 saturated carbocycles. The van der Waals surface area contributed by atoms with Crippen LogP contribution in [0.5, 0.6) is 0 Å². The van der Waals surface area contributed by atoms with Crippen molar-refractivity contribution in [1.29, 1.82) is 0 Å². The lowest BCUT2D eigenvalue weighted by atomic mass is 10.2. The van der Waals surface area contributed by atoms with Crippen molar-refractivity contribution in [2.45, 2.75) is 33.2 Å². The van der Waals surface area contributed by atoms with E-state index in [2.05, 4.69) is 29.0 Å². The van der Waals surface area contributed by atoms with Crippen LogP contribution in [0, 0.1) is 0 Å². The van der Waals surface area contributed by atoms with E-state index in [1.807, 2.05) is 14.1 Å². The average Bonchev–Trinajstić information content (AvgIpc) is 2.59. The topological polar surface area (TPSA) is 28.2 Å². The molecule has 0 fully saturated rings. The second-order valence-corrected chi connectivity index (χ2v) is 4.85. The van der Waals surface area contributed by atoms with E-state index in [1.165, 1.54) is 10.6 Å². The smallest absolute Gasteiger partial charge is 0.185 e. The third kappa shape index (κ3) is 3.47. The van der Waals surface area contributed by atoms with Crippen molar-refractivity contribution >= 4 is 16.5 Å². The maximum Gasteiger partial charge on any atom is 0.185 e. The first-order valence-electron chi connectivity index (χ1n) is 5.55. The van der Waals surface area contributed by atoms with Crippen LogP contribution < -0.4 is 10.2 Å². The number of hydrogen-bond acceptors (Lipinski definition) is 4. The van der Waals surface area contributed by atoms with E-state index in [9.17, 15) is 0 Å². The second kappa shape index (κ2) is 6.08. The Balaban J connectivity index is 2.79. The lowest BCUT2D eigenvalue weighted by molar-refractivity contribution is 0.723. The summed E-state index contributed by atoms with van der Waals surface area (Å²) >= 11 is 1.80. The van der Waals surface area contributed by atoms with E-state index in [1.54, 1.807) is 11.3 Å². The van der Waals surface area contributed by atoms with Gasteiger partial charge in [0, 0.05) is 25.5 Å². The first-order valence-corrected chi connectivity index (χ1v) is 6.37. The molecule has 86 valence electrons. The van der Waals surface area contributed by atoms with Gasteiger partial charge in [-0.3, -0.25) is 0 Å². The summed E-state index contributed by atoms with van der Waals surface area (Å²) in [7, 11) is 4.09. The van der Waals surface area contributed by atoms with Gasteiger partial charge in [-0.15, -0.1) is 11.3 Å². The Morgan fingerprint density at radius 1 is 1.33 bits per heavy atom. The molecule has 0 bridgehead atoms. The first kappa shape index (κ1) is 12.5. The van der Waals surface area contributed by atoms with Gasteiger partial charge in [-0.05, 0) is 13.0 Å². The predicted molar refractivity (Wildman–Crippen MR) is 67.8 cm³/mol. The number of nitrogens with one attached hydrogen (secondary N) is 1. The molecule has 4 heteroatoms. The molecule has 1 aromatic heterocycles. The van der Waals surface area contributed by atoms with E-state index in [0.717, 1.165) is 31.1 Å². The average molecular weight is 227 g/mol. The van der Waals surface area contributed by atoms with Gasteiger partial charge >= 0.3 is 0 Å². The highest BCUT2D eigenvalue weighted by atomic mass is 32.1. The van der Waals surface area contributed by atoms with Gasteiger partial charge in [-0.2, -0.15) is 0 Å². The summed E-state index contributed by atoms with van der Waals surface area (Å²) in [6.45, 7) is 6.30. The Labute approximate surface area is 96.5 Å². The van der Waals surface area contributed by atoms with Gasteiger partial charge in [0.15, 0.2) is 5.13 Å². The van der Waals surface area contributed by atoms with Crippen molar-refractivity contribution in [2.24, 2.45) is 0 Å². The fourth-order valence-electron chi connectivity index (χ4n) is 1.37. The first-order chi connectivity index (χ1) is 7.19. The Hall–Kier alpha value is -0.610. The Morgan fingerprint density at radius 3 is 2.60 bits per heavy atom. The summed E-state index contributed by atoms with van der Waals surface area (Å²) in [5.74, 6) is 0. The van der Waals surface area contributed by atoms with Crippen LogP contribution in [-0.4, -0.2) is 25.6 Å². The van der Waals surface area contributed by atoms with Crippen LogP contribution in [-0.2, 0) is 13.0 Å². The van der Waals surface area contributed by atoms with Crippen LogP contribution in [0.2, 0.25) is 0 Å². The number of rotatable bonds is 6. The van der Waals surface area contributed by atoms with Crippen LogP contribution >= 0.6 is 11.3 Å². The number of aryl methyl sites for hydroxylation is 1.